The average Bonchev–Trinajstić information content (AvgIpc) is 3.71. The van der Waals surface area contributed by atoms with Gasteiger partial charge in [-0.05, 0) is 151 Å². The fourth-order valence-electron chi connectivity index (χ4n) is 6.78. The molecule has 4 rings (SSSR count). The van der Waals surface area contributed by atoms with E-state index in [-0.39, 0.29) is 139 Å². The van der Waals surface area contributed by atoms with E-state index in [0.29, 0.717) is 31.7 Å². The Labute approximate surface area is 368 Å². The molecule has 0 amide bonds. The van der Waals surface area contributed by atoms with E-state index in [4.69, 9.17) is 0 Å². The predicted molar refractivity (Wildman–Crippen MR) is 178 cm³/mol. The van der Waals surface area contributed by atoms with E-state index >= 15 is 0 Å². The van der Waals surface area contributed by atoms with Crippen molar-refractivity contribution in [2.24, 2.45) is 0 Å². The van der Waals surface area contributed by atoms with Crippen LogP contribution in [0.4, 0.5) is 0 Å². The first-order valence-corrected chi connectivity index (χ1v) is 24.4. The summed E-state index contributed by atoms with van der Waals surface area (Å²) >= 11 is 0. The second-order valence-corrected chi connectivity index (χ2v) is 23.2. The average molecular weight is 1500 g/mol. The molecule has 4 aliphatic heterocycles. The molecule has 44 heavy (non-hydrogen) atoms. The Morgan fingerprint density at radius 2 is 0.364 bits per heavy atom. The molecular formula is C32H64Au4Cl4P4. The summed E-state index contributed by atoms with van der Waals surface area (Å²) in [5, 5.41) is 0. The normalized spacial score (nSPS) is 18.0. The van der Waals surface area contributed by atoms with Crippen molar-refractivity contribution in [3.05, 3.63) is 0 Å². The third-order valence-corrected chi connectivity index (χ3v) is 20.6. The van der Waals surface area contributed by atoms with Gasteiger partial charge in [0.2, 0.25) is 0 Å². The molecule has 0 bridgehead atoms. The van der Waals surface area contributed by atoms with Crippen LogP contribution in [0, 0.1) is 0 Å². The van der Waals surface area contributed by atoms with E-state index in [1.165, 1.54) is 51.4 Å². The maximum atomic E-state index is 1.61. The molecule has 0 radical (unpaired) electrons. The summed E-state index contributed by atoms with van der Waals surface area (Å²) in [4.78, 5) is 0. The molecule has 0 unspecified atom stereocenters. The molecule has 4 fully saturated rings. The van der Waals surface area contributed by atoms with Gasteiger partial charge in [-0.1, -0.05) is 51.4 Å². The first-order valence-electron chi connectivity index (χ1n) is 16.8. The van der Waals surface area contributed by atoms with Crippen LogP contribution in [0.1, 0.15) is 128 Å². The van der Waals surface area contributed by atoms with E-state index < -0.39 is 0 Å². The molecule has 4 aliphatic rings. The van der Waals surface area contributed by atoms with Gasteiger partial charge in [-0.25, -0.2) is 0 Å². The van der Waals surface area contributed by atoms with Gasteiger partial charge in [0, 0.05) is 0 Å². The molecule has 0 aromatic carbocycles. The van der Waals surface area contributed by atoms with Crippen LogP contribution in [0.5, 0.6) is 0 Å². The molecule has 4 heterocycles. The van der Waals surface area contributed by atoms with Crippen LogP contribution in [0.25, 0.3) is 0 Å². The zero-order valence-electron chi connectivity index (χ0n) is 27.1. The van der Waals surface area contributed by atoms with E-state index in [2.05, 4.69) is 0 Å². The minimum absolute atomic E-state index is 0. The molecule has 284 valence electrons. The minimum atomic E-state index is 0. The van der Waals surface area contributed by atoms with Gasteiger partial charge < -0.3 is 49.6 Å². The van der Waals surface area contributed by atoms with Gasteiger partial charge in [0.1, 0.15) is 0 Å². The zero-order valence-corrected chi connectivity index (χ0v) is 42.4. The van der Waals surface area contributed by atoms with Gasteiger partial charge in [-0.15, -0.1) is 31.7 Å². The molecule has 0 saturated carbocycles. The quantitative estimate of drug-likeness (QED) is 0.101. The van der Waals surface area contributed by atoms with Crippen LogP contribution in [-0.4, -0.2) is 73.9 Å². The van der Waals surface area contributed by atoms with E-state index in [9.17, 15) is 0 Å². The first-order chi connectivity index (χ1) is 17.9. The predicted octanol–water partition coefficient (Wildman–Crippen LogP) is -0.237. The van der Waals surface area contributed by atoms with Crippen LogP contribution < -0.4 is 49.6 Å². The first kappa shape index (κ1) is 61.9. The Hall–Kier alpha value is 5.84. The largest absolute Gasteiger partial charge is 1.00 e. The summed E-state index contributed by atoms with van der Waals surface area (Å²) in [5.41, 5.74) is 0. The molecule has 0 aliphatic carbocycles. The molecule has 0 atom stereocenters. The molecule has 0 N–H and O–H groups in total. The number of hydrogen-bond donors (Lipinski definition) is 0. The zero-order chi connectivity index (χ0) is 24.9. The Morgan fingerprint density at radius 3 is 0.523 bits per heavy atom. The fourth-order valence-corrected chi connectivity index (χ4v) is 17.5. The van der Waals surface area contributed by atoms with Crippen LogP contribution in [-0.2, 0) is 89.5 Å². The van der Waals surface area contributed by atoms with Gasteiger partial charge in [-0.3, -0.25) is 0 Å². The van der Waals surface area contributed by atoms with Gasteiger partial charge in [0.15, 0.2) is 0 Å². The molecule has 0 aromatic rings. The molecule has 0 aromatic heterocycles. The van der Waals surface area contributed by atoms with E-state index in [1.54, 1.807) is 151 Å². The van der Waals surface area contributed by atoms with Crippen molar-refractivity contribution < 1.29 is 139 Å². The summed E-state index contributed by atoms with van der Waals surface area (Å²) in [6.45, 7) is 0. The van der Waals surface area contributed by atoms with Gasteiger partial charge in [-0.2, -0.15) is 0 Å². The maximum absolute atomic E-state index is 1.61. The molecular weight excluding hydrogens is 1440 g/mol. The number of unbranched alkanes of at least 4 members (excludes halogenated alkanes) is 10. The van der Waals surface area contributed by atoms with E-state index in [1.807, 2.05) is 0 Å². The molecule has 0 nitrogen and oxygen atoms in total. The van der Waals surface area contributed by atoms with Gasteiger partial charge in [0.25, 0.3) is 0 Å². The molecule has 4 saturated heterocycles. The summed E-state index contributed by atoms with van der Waals surface area (Å²) in [5.74, 6) is 0. The third-order valence-electron chi connectivity index (χ3n) is 9.19. The number of halogens is 4. The Morgan fingerprint density at radius 1 is 0.227 bits per heavy atom. The van der Waals surface area contributed by atoms with Crippen molar-refractivity contribution in [1.82, 2.24) is 0 Å². The molecule has 0 spiro atoms. The second-order valence-electron chi connectivity index (χ2n) is 12.4. The topological polar surface area (TPSA) is 0 Å². The summed E-state index contributed by atoms with van der Waals surface area (Å²) in [7, 11) is 2.09. The van der Waals surface area contributed by atoms with Crippen molar-refractivity contribution in [3.63, 3.8) is 0 Å². The van der Waals surface area contributed by atoms with Crippen molar-refractivity contribution in [1.29, 1.82) is 0 Å². The summed E-state index contributed by atoms with van der Waals surface area (Å²) in [6, 6.07) is 0. The van der Waals surface area contributed by atoms with Gasteiger partial charge in [0.05, 0.1) is 0 Å². The third kappa shape index (κ3) is 33.7. The number of rotatable bonds is 18. The maximum Gasteiger partial charge on any atom is 1.00 e. The smallest absolute Gasteiger partial charge is 1.00 e. The van der Waals surface area contributed by atoms with Crippen molar-refractivity contribution >= 4 is 31.7 Å². The Kier molecular flexibility index (Phi) is 63.3. The van der Waals surface area contributed by atoms with E-state index in [0.717, 1.165) is 0 Å². The van der Waals surface area contributed by atoms with Crippen molar-refractivity contribution in [3.8, 4) is 0 Å². The van der Waals surface area contributed by atoms with Gasteiger partial charge >= 0.3 is 89.5 Å². The van der Waals surface area contributed by atoms with Crippen LogP contribution in [0.2, 0.25) is 0 Å². The van der Waals surface area contributed by atoms with Crippen molar-refractivity contribution in [2.75, 3.05) is 73.9 Å². The Balaban J connectivity index is -0.000000139. The standard InChI is InChI=1S/2C16H32P2.4Au.4ClH/c2*1(3-5-11-17-13-7-8-14-17)2-4-6-12-18-15-9-10-16-18;;;;;;;;/h2*1-16H2;;;;;4*1H/q;;4*+1;;;;/p-4. The van der Waals surface area contributed by atoms with Crippen LogP contribution in [0.15, 0.2) is 0 Å². The monoisotopic (exact) mass is 1500 g/mol. The Bertz CT molecular complexity index is 425. The fraction of sp³-hybridized carbons (Fsp3) is 1.00. The van der Waals surface area contributed by atoms with Crippen molar-refractivity contribution in [2.45, 2.75) is 128 Å². The summed E-state index contributed by atoms with van der Waals surface area (Å²) < 4.78 is 0. The molecule has 12 heteroatoms. The van der Waals surface area contributed by atoms with Crippen LogP contribution >= 0.6 is 31.7 Å². The second kappa shape index (κ2) is 45.0. The minimum Gasteiger partial charge on any atom is -1.00 e. The number of hydrogen-bond acceptors (Lipinski definition) is 0. The summed E-state index contributed by atoms with van der Waals surface area (Å²) in [6.07, 6.45) is 50.2. The SMILES string of the molecule is C(CCCCP1CCCC1)CCCP1CCCC1.C(CCCCP1CCCC1)CCCP1CCCC1.[Au+].[Au+].[Au+].[Au+].[Cl-].[Cl-].[Cl-].[Cl-]. The van der Waals surface area contributed by atoms with Crippen LogP contribution in [0.3, 0.4) is 0 Å².